The highest BCUT2D eigenvalue weighted by Crippen LogP contribution is 2.44. The molecule has 126 heavy (non-hydrogen) atoms. The van der Waals surface area contributed by atoms with E-state index in [2.05, 4.69) is 328 Å². The molecule has 0 fully saturated rings. The Kier molecular flexibility index (Phi) is 28.4. The van der Waals surface area contributed by atoms with Crippen molar-refractivity contribution in [1.82, 2.24) is 39.9 Å². The maximum absolute atomic E-state index is 5.88. The summed E-state index contributed by atoms with van der Waals surface area (Å²) in [6.07, 6.45) is 53.7. The zero-order valence-electron chi connectivity index (χ0n) is 75.4. The van der Waals surface area contributed by atoms with Crippen molar-refractivity contribution in [3.05, 3.63) is 297 Å². The maximum atomic E-state index is 5.88. The van der Waals surface area contributed by atoms with E-state index in [0.29, 0.717) is 0 Å². The second-order valence-electron chi connectivity index (χ2n) is 35.6. The summed E-state index contributed by atoms with van der Waals surface area (Å²) in [4.78, 5) is 39.7. The number of hydrogen-bond donors (Lipinski definition) is 4. The summed E-state index contributed by atoms with van der Waals surface area (Å²) in [5.41, 5.74) is 40.1. The first-order chi connectivity index (χ1) is 62.2. The fourth-order valence-corrected chi connectivity index (χ4v) is 19.2. The smallest absolute Gasteiger partial charge is 0.0737 e. The fraction of sp³-hybridized carbons (Fsp3) is 0.305. The first kappa shape index (κ1) is 85.9. The first-order valence-electron chi connectivity index (χ1n) is 48.2. The molecule has 17 rings (SSSR count). The Morgan fingerprint density at radius 1 is 0.151 bits per heavy atom. The van der Waals surface area contributed by atoms with E-state index in [4.69, 9.17) is 19.9 Å². The third-order valence-electron chi connectivity index (χ3n) is 26.3. The number of unbranched alkanes of at least 4 members (excludes halogenated alkanes) is 18. The van der Waals surface area contributed by atoms with Crippen molar-refractivity contribution in [2.45, 2.75) is 234 Å². The number of rotatable bonds is 38. The van der Waals surface area contributed by atoms with Crippen LogP contribution >= 0.6 is 0 Å². The minimum Gasteiger partial charge on any atom is -0.354 e. The molecule has 0 spiro atoms. The molecule has 0 aliphatic carbocycles. The van der Waals surface area contributed by atoms with E-state index in [9.17, 15) is 0 Å². The highest BCUT2D eigenvalue weighted by atomic mass is 14.8. The summed E-state index contributed by atoms with van der Waals surface area (Å²) in [5.74, 6) is 0. The first-order valence-corrected chi connectivity index (χ1v) is 48.2. The molecule has 0 atom stereocenters. The van der Waals surface area contributed by atoms with Crippen LogP contribution in [0.25, 0.3) is 182 Å². The van der Waals surface area contributed by atoms with Gasteiger partial charge in [0.2, 0.25) is 0 Å². The molecule has 8 nitrogen and oxygen atoms in total. The van der Waals surface area contributed by atoms with Gasteiger partial charge >= 0.3 is 0 Å². The van der Waals surface area contributed by atoms with Crippen molar-refractivity contribution in [3.63, 3.8) is 0 Å². The second-order valence-corrected chi connectivity index (χ2v) is 35.6. The number of fused-ring (bicyclic) bond motifs is 16. The van der Waals surface area contributed by atoms with Gasteiger partial charge in [-0.1, -0.05) is 327 Å². The summed E-state index contributed by atoms with van der Waals surface area (Å²) in [7, 11) is 0. The van der Waals surface area contributed by atoms with Crippen LogP contribution in [0.5, 0.6) is 0 Å². The van der Waals surface area contributed by atoms with E-state index < -0.39 is 0 Å². The van der Waals surface area contributed by atoms with E-state index in [1.165, 1.54) is 187 Å². The van der Waals surface area contributed by atoms with Crippen LogP contribution in [0.2, 0.25) is 0 Å². The maximum Gasteiger partial charge on any atom is 0.0737 e. The largest absolute Gasteiger partial charge is 0.354 e. The average molecular weight is 1660 g/mol. The molecule has 638 valence electrons. The van der Waals surface area contributed by atoms with Crippen LogP contribution < -0.4 is 0 Å². The molecule has 4 N–H and O–H groups in total. The van der Waals surface area contributed by atoms with Gasteiger partial charge in [0.15, 0.2) is 0 Å². The normalized spacial score (nSPS) is 12.2. The molecule has 4 aliphatic heterocycles. The van der Waals surface area contributed by atoms with Crippen molar-refractivity contribution < 1.29 is 0 Å². The minimum absolute atomic E-state index is 0.862. The molecule has 7 aromatic carbocycles. The molecular weight excluding hydrogens is 1530 g/mol. The topological polar surface area (TPSA) is 115 Å². The molecule has 0 saturated heterocycles. The molecule has 0 unspecified atom stereocenters. The molecule has 13 aromatic rings. The molecule has 8 heteroatoms. The van der Waals surface area contributed by atoms with Gasteiger partial charge in [-0.3, -0.25) is 0 Å². The molecule has 6 aromatic heterocycles. The monoisotopic (exact) mass is 1660 g/mol. The van der Waals surface area contributed by atoms with Crippen LogP contribution in [0, 0.1) is 0 Å². The highest BCUT2D eigenvalue weighted by molar-refractivity contribution is 6.03. The van der Waals surface area contributed by atoms with Gasteiger partial charge in [-0.05, 0) is 252 Å². The molecule has 4 aliphatic rings. The van der Waals surface area contributed by atoms with Gasteiger partial charge in [-0.25, -0.2) is 19.9 Å². The SMILES string of the molecule is CCCCCCc1ccc(-c2c3nc(c(-c4ccc(CCCCCC)cc4)c4ccc([nH]4)c(-c4ccc(-c5c6nc(c(-c7ccc(CCCCCC)cc7)c7ccc([nH]7)c(-c7ccc(CCCCCC)cc7)c7nc(c(-c8ccc(CCCCCC)cc8)c8ccc5[nH]8)C=C7)C=C6)cc4)c4nc(c(-c5ccc(CCCCCC)cc5)c5ccc2[nH]5)C=C4)C=C3)cc1. The third-order valence-corrected chi connectivity index (χ3v) is 26.3. The van der Waals surface area contributed by atoms with Crippen molar-refractivity contribution in [2.75, 3.05) is 0 Å². The molecule has 0 saturated carbocycles. The van der Waals surface area contributed by atoms with E-state index in [1.54, 1.807) is 0 Å². The van der Waals surface area contributed by atoms with E-state index in [1.807, 2.05) is 0 Å². The molecular formula is C118H126N8. The standard InChI is InChI=1S/C118H126N8/c1-7-13-19-25-31-81-37-49-87(50-38-81)111-95-65-69-99(119-95)113(89-53-41-83(42-54-89)33-27-21-15-9-3)103-73-77-107(123-103)117(108-78-74-104(124-108)114(100-70-66-96(111)120-100)90-55-43-84(44-56-90)34-28-22-16-10-4)93-61-63-94(64-62-93)118-109-79-75-105(125-109)115(91-57-45-85(46-58-91)35-29-23-17-11-5)101-71-67-97(121-101)112(88-51-39-82(40-52-88)32-26-20-14-8-2)98-68-72-102(122-98)116(106-76-80-110(118)126-106)92-59-47-86(48-60-92)36-30-24-18-12-6/h37-80,119,121,124,126H,7-36H2,1-6H3. The number of H-pyrrole nitrogens is 4. The Hall–Kier alpha value is -12.3. The van der Waals surface area contributed by atoms with Crippen LogP contribution in [0.1, 0.15) is 275 Å². The van der Waals surface area contributed by atoms with E-state index in [0.717, 1.165) is 217 Å². The van der Waals surface area contributed by atoms with Crippen LogP contribution in [0.3, 0.4) is 0 Å². The van der Waals surface area contributed by atoms with E-state index in [-0.39, 0.29) is 0 Å². The highest BCUT2D eigenvalue weighted by Gasteiger charge is 2.24. The minimum atomic E-state index is 0.862. The zero-order valence-corrected chi connectivity index (χ0v) is 75.4. The number of benzene rings is 7. The predicted octanol–water partition coefficient (Wildman–Crippen LogP) is 33.7. The number of aromatic amines is 4. The van der Waals surface area contributed by atoms with Gasteiger partial charge in [0.05, 0.1) is 45.6 Å². The summed E-state index contributed by atoms with van der Waals surface area (Å²) in [5, 5.41) is 0. The van der Waals surface area contributed by atoms with Gasteiger partial charge < -0.3 is 19.9 Å². The fourth-order valence-electron chi connectivity index (χ4n) is 19.2. The van der Waals surface area contributed by atoms with Crippen molar-refractivity contribution in [1.29, 1.82) is 0 Å². The van der Waals surface area contributed by atoms with Gasteiger partial charge in [-0.2, -0.15) is 0 Å². The second kappa shape index (κ2) is 41.7. The number of aryl methyl sites for hydroxylation is 6. The van der Waals surface area contributed by atoms with Crippen molar-refractivity contribution in [2.24, 2.45) is 0 Å². The summed E-state index contributed by atoms with van der Waals surface area (Å²) in [6, 6.07) is 83.2. The van der Waals surface area contributed by atoms with Crippen LogP contribution in [0.15, 0.2) is 218 Å². The molecule has 10 heterocycles. The predicted molar refractivity (Wildman–Crippen MR) is 542 cm³/mol. The van der Waals surface area contributed by atoms with Crippen LogP contribution in [-0.4, -0.2) is 39.9 Å². The summed E-state index contributed by atoms with van der Waals surface area (Å²) < 4.78 is 0. The Balaban J connectivity index is 0.877. The molecule has 0 radical (unpaired) electrons. The number of nitrogens with zero attached hydrogens (tertiary/aromatic N) is 4. The zero-order chi connectivity index (χ0) is 85.9. The lowest BCUT2D eigenvalue weighted by atomic mass is 9.98. The number of aromatic nitrogens is 8. The van der Waals surface area contributed by atoms with Gasteiger partial charge in [-0.15, -0.1) is 0 Å². The van der Waals surface area contributed by atoms with Crippen molar-refractivity contribution in [3.8, 4) is 89.0 Å². The quantitative estimate of drug-likeness (QED) is 0.0289. The lowest BCUT2D eigenvalue weighted by molar-refractivity contribution is 0.667. The lowest BCUT2D eigenvalue weighted by Gasteiger charge is -2.10. The summed E-state index contributed by atoms with van der Waals surface area (Å²) in [6.45, 7) is 13.7. The average Bonchev–Trinajstić information content (AvgIpc) is 1.61. The van der Waals surface area contributed by atoms with Crippen LogP contribution in [0.4, 0.5) is 0 Å². The Morgan fingerprint density at radius 3 is 0.405 bits per heavy atom. The Morgan fingerprint density at radius 2 is 0.278 bits per heavy atom. The van der Waals surface area contributed by atoms with Gasteiger partial charge in [0.25, 0.3) is 0 Å². The number of nitrogens with one attached hydrogen (secondary N) is 4. The van der Waals surface area contributed by atoms with Crippen LogP contribution in [-0.2, 0) is 38.5 Å². The third kappa shape index (κ3) is 20.0. The number of hydrogen-bond acceptors (Lipinski definition) is 4. The summed E-state index contributed by atoms with van der Waals surface area (Å²) >= 11 is 0. The van der Waals surface area contributed by atoms with Gasteiger partial charge in [0, 0.05) is 88.6 Å². The Labute approximate surface area is 748 Å². The van der Waals surface area contributed by atoms with E-state index >= 15 is 0 Å². The van der Waals surface area contributed by atoms with Crippen molar-refractivity contribution >= 4 is 92.7 Å². The van der Waals surface area contributed by atoms with Gasteiger partial charge in [0.1, 0.15) is 0 Å². The molecule has 0 amide bonds. The molecule has 16 bridgehead atoms. The lowest BCUT2D eigenvalue weighted by Crippen LogP contribution is -1.92. The Bertz CT molecular complexity index is 5910.